The van der Waals surface area contributed by atoms with Crippen molar-refractivity contribution >= 4 is 23.4 Å². The molecule has 3 aromatic rings. The molecule has 0 spiro atoms. The lowest BCUT2D eigenvalue weighted by molar-refractivity contribution is -0.139. The standard InChI is InChI=1S/C29H30N2O6S/c1-6-16-37-20-14-12-19(13-15-20)17-23-27(32)31-25(21-10-9-11-22(34-5)26(21)35-7-2)24(28(33)36-8-3)18(4)30-29(31)38-23/h6,9-15,17,25H,1,7-8,16H2,2-5H3/b23-17+/t25-/m0/s1. The molecule has 198 valence electrons. The summed E-state index contributed by atoms with van der Waals surface area (Å²) in [6.07, 6.45) is 3.48. The van der Waals surface area contributed by atoms with Gasteiger partial charge in [-0.05, 0) is 50.6 Å². The number of hydrogen-bond acceptors (Lipinski definition) is 8. The molecular weight excluding hydrogens is 504 g/mol. The average molecular weight is 535 g/mol. The van der Waals surface area contributed by atoms with Gasteiger partial charge in [0.2, 0.25) is 0 Å². The van der Waals surface area contributed by atoms with Gasteiger partial charge in [0.1, 0.15) is 18.4 Å². The Hall–Kier alpha value is -4.11. The summed E-state index contributed by atoms with van der Waals surface area (Å²) in [6.45, 7) is 9.98. The maximum atomic E-state index is 13.9. The summed E-state index contributed by atoms with van der Waals surface area (Å²) in [5, 5.41) is 0. The summed E-state index contributed by atoms with van der Waals surface area (Å²) >= 11 is 1.26. The number of fused-ring (bicyclic) bond motifs is 1. The van der Waals surface area contributed by atoms with Crippen LogP contribution in [0.4, 0.5) is 0 Å². The second-order valence-electron chi connectivity index (χ2n) is 8.28. The number of thiazole rings is 1. The molecule has 0 unspecified atom stereocenters. The molecule has 4 rings (SSSR count). The normalized spacial score (nSPS) is 14.9. The van der Waals surface area contributed by atoms with Gasteiger partial charge in [-0.25, -0.2) is 9.79 Å². The predicted molar refractivity (Wildman–Crippen MR) is 147 cm³/mol. The van der Waals surface area contributed by atoms with Crippen molar-refractivity contribution in [3.05, 3.63) is 97.2 Å². The molecule has 0 radical (unpaired) electrons. The van der Waals surface area contributed by atoms with Gasteiger partial charge in [0, 0.05) is 5.56 Å². The first-order valence-corrected chi connectivity index (χ1v) is 13.1. The summed E-state index contributed by atoms with van der Waals surface area (Å²) < 4.78 is 24.5. The van der Waals surface area contributed by atoms with Crippen molar-refractivity contribution in [1.29, 1.82) is 0 Å². The Morgan fingerprint density at radius 3 is 2.55 bits per heavy atom. The number of carbonyl (C=O) groups is 1. The molecule has 0 saturated heterocycles. The quantitative estimate of drug-likeness (QED) is 0.291. The number of carbonyl (C=O) groups excluding carboxylic acids is 1. The highest BCUT2D eigenvalue weighted by molar-refractivity contribution is 7.07. The van der Waals surface area contributed by atoms with Crippen LogP contribution in [0.3, 0.4) is 0 Å². The van der Waals surface area contributed by atoms with Crippen LogP contribution in [0.2, 0.25) is 0 Å². The Morgan fingerprint density at radius 2 is 1.89 bits per heavy atom. The van der Waals surface area contributed by atoms with E-state index in [9.17, 15) is 9.59 Å². The molecule has 0 amide bonds. The number of ether oxygens (including phenoxy) is 4. The molecule has 1 aliphatic heterocycles. The number of esters is 1. The molecule has 38 heavy (non-hydrogen) atoms. The highest BCUT2D eigenvalue weighted by Gasteiger charge is 2.35. The molecule has 1 aliphatic rings. The lowest BCUT2D eigenvalue weighted by Gasteiger charge is -2.26. The largest absolute Gasteiger partial charge is 0.493 e. The summed E-state index contributed by atoms with van der Waals surface area (Å²) in [7, 11) is 1.55. The van der Waals surface area contributed by atoms with E-state index in [-0.39, 0.29) is 17.7 Å². The van der Waals surface area contributed by atoms with E-state index in [1.165, 1.54) is 15.9 Å². The molecule has 1 aromatic heterocycles. The minimum atomic E-state index is -0.807. The van der Waals surface area contributed by atoms with Gasteiger partial charge < -0.3 is 18.9 Å². The molecular formula is C29H30N2O6S. The molecule has 2 heterocycles. The first-order chi connectivity index (χ1) is 18.4. The molecule has 2 aromatic carbocycles. The molecule has 0 aliphatic carbocycles. The second-order valence-corrected chi connectivity index (χ2v) is 9.29. The third kappa shape index (κ3) is 5.28. The van der Waals surface area contributed by atoms with Gasteiger partial charge in [0.15, 0.2) is 16.3 Å². The Kier molecular flexibility index (Phi) is 8.48. The first kappa shape index (κ1) is 26.9. The molecule has 8 nitrogen and oxygen atoms in total. The number of methoxy groups -OCH3 is 1. The molecule has 0 saturated carbocycles. The molecule has 0 bridgehead atoms. The maximum absolute atomic E-state index is 13.9. The fourth-order valence-electron chi connectivity index (χ4n) is 4.26. The van der Waals surface area contributed by atoms with Gasteiger partial charge in [-0.3, -0.25) is 9.36 Å². The molecule has 0 N–H and O–H groups in total. The first-order valence-electron chi connectivity index (χ1n) is 12.3. The van der Waals surface area contributed by atoms with Crippen LogP contribution in [0.15, 0.2) is 76.2 Å². The number of rotatable bonds is 10. The van der Waals surface area contributed by atoms with Crippen LogP contribution in [0.1, 0.15) is 37.9 Å². The van der Waals surface area contributed by atoms with E-state index in [4.69, 9.17) is 18.9 Å². The van der Waals surface area contributed by atoms with E-state index in [1.54, 1.807) is 45.2 Å². The van der Waals surface area contributed by atoms with Crippen LogP contribution in [0.5, 0.6) is 17.2 Å². The van der Waals surface area contributed by atoms with Crippen molar-refractivity contribution in [2.75, 3.05) is 26.9 Å². The Balaban J connectivity index is 1.92. The number of nitrogens with zero attached hydrogens (tertiary/aromatic N) is 2. The van der Waals surface area contributed by atoms with Crippen LogP contribution in [0.25, 0.3) is 6.08 Å². The number of para-hydroxylation sites is 1. The van der Waals surface area contributed by atoms with Crippen LogP contribution in [-0.4, -0.2) is 37.5 Å². The van der Waals surface area contributed by atoms with Crippen LogP contribution in [0, 0.1) is 0 Å². The highest BCUT2D eigenvalue weighted by atomic mass is 32.1. The van der Waals surface area contributed by atoms with Crippen LogP contribution < -0.4 is 29.1 Å². The van der Waals surface area contributed by atoms with Gasteiger partial charge in [-0.2, -0.15) is 0 Å². The van der Waals surface area contributed by atoms with E-state index < -0.39 is 12.0 Å². The van der Waals surface area contributed by atoms with Gasteiger partial charge in [0.05, 0.1) is 36.1 Å². The fourth-order valence-corrected chi connectivity index (χ4v) is 5.31. The molecule has 1 atom stereocenters. The average Bonchev–Trinajstić information content (AvgIpc) is 3.22. The van der Waals surface area contributed by atoms with E-state index in [0.717, 1.165) is 5.56 Å². The highest BCUT2D eigenvalue weighted by Crippen LogP contribution is 2.40. The van der Waals surface area contributed by atoms with Crippen molar-refractivity contribution in [3.8, 4) is 17.2 Å². The van der Waals surface area contributed by atoms with E-state index in [1.807, 2.05) is 37.3 Å². The van der Waals surface area contributed by atoms with Crippen molar-refractivity contribution in [2.45, 2.75) is 26.8 Å². The third-order valence-corrected chi connectivity index (χ3v) is 6.86. The van der Waals surface area contributed by atoms with Crippen molar-refractivity contribution < 1.29 is 23.7 Å². The second kappa shape index (κ2) is 12.0. The predicted octanol–water partition coefficient (Wildman–Crippen LogP) is 3.77. The van der Waals surface area contributed by atoms with Crippen LogP contribution >= 0.6 is 11.3 Å². The number of hydrogen-bond donors (Lipinski definition) is 0. The van der Waals surface area contributed by atoms with E-state index in [0.29, 0.717) is 51.1 Å². The van der Waals surface area contributed by atoms with E-state index >= 15 is 0 Å². The summed E-state index contributed by atoms with van der Waals surface area (Å²) in [4.78, 5) is 32.2. The van der Waals surface area contributed by atoms with Crippen molar-refractivity contribution in [2.24, 2.45) is 4.99 Å². The maximum Gasteiger partial charge on any atom is 0.338 e. The zero-order valence-electron chi connectivity index (χ0n) is 21.9. The lowest BCUT2D eigenvalue weighted by Crippen LogP contribution is -2.40. The minimum Gasteiger partial charge on any atom is -0.493 e. The zero-order chi connectivity index (χ0) is 27.2. The number of aromatic nitrogens is 1. The third-order valence-electron chi connectivity index (χ3n) is 5.88. The Morgan fingerprint density at radius 1 is 1.13 bits per heavy atom. The van der Waals surface area contributed by atoms with Crippen molar-refractivity contribution in [1.82, 2.24) is 4.57 Å². The number of allylic oxidation sites excluding steroid dienone is 1. The summed E-state index contributed by atoms with van der Waals surface area (Å²) in [5.41, 5.74) is 1.93. The van der Waals surface area contributed by atoms with Gasteiger partial charge in [-0.1, -0.05) is 48.3 Å². The Labute approximate surface area is 224 Å². The van der Waals surface area contributed by atoms with E-state index in [2.05, 4.69) is 11.6 Å². The smallest absolute Gasteiger partial charge is 0.338 e. The number of benzene rings is 2. The Bertz CT molecular complexity index is 1550. The topological polar surface area (TPSA) is 88.3 Å². The SMILES string of the molecule is C=CCOc1ccc(/C=c2/sc3n(c2=O)[C@@H](c2cccc(OC)c2OCC)C(C(=O)OCC)=C(C)N=3)cc1. The minimum absolute atomic E-state index is 0.190. The van der Waals surface area contributed by atoms with Gasteiger partial charge in [-0.15, -0.1) is 0 Å². The summed E-state index contributed by atoms with van der Waals surface area (Å²) in [5.74, 6) is 1.14. The summed E-state index contributed by atoms with van der Waals surface area (Å²) in [6, 6.07) is 12.0. The van der Waals surface area contributed by atoms with Crippen LogP contribution in [-0.2, 0) is 9.53 Å². The molecule has 0 fully saturated rings. The monoisotopic (exact) mass is 534 g/mol. The van der Waals surface area contributed by atoms with Gasteiger partial charge >= 0.3 is 5.97 Å². The lowest BCUT2D eigenvalue weighted by atomic mass is 9.94. The van der Waals surface area contributed by atoms with Gasteiger partial charge in [0.25, 0.3) is 5.56 Å². The molecule has 9 heteroatoms. The fraction of sp³-hybridized carbons (Fsp3) is 0.276. The zero-order valence-corrected chi connectivity index (χ0v) is 22.7. The van der Waals surface area contributed by atoms with Crippen molar-refractivity contribution in [3.63, 3.8) is 0 Å².